The van der Waals surface area contributed by atoms with E-state index in [1.54, 1.807) is 37.4 Å². The van der Waals surface area contributed by atoms with Crippen molar-refractivity contribution in [2.24, 2.45) is 0 Å². The van der Waals surface area contributed by atoms with Gasteiger partial charge in [0.2, 0.25) is 0 Å². The number of hydrogen-bond acceptors (Lipinski definition) is 4. The number of imidazole rings is 1. The summed E-state index contributed by atoms with van der Waals surface area (Å²) in [6, 6.07) is 10.7. The van der Waals surface area contributed by atoms with Crippen LogP contribution in [0.5, 0.6) is 11.5 Å². The number of para-hydroxylation sites is 2. The first-order chi connectivity index (χ1) is 13.4. The minimum Gasteiger partial charge on any atom is -0.493 e. The smallest absolute Gasteiger partial charge is 0.387 e. The lowest BCUT2D eigenvalue weighted by Gasteiger charge is -2.14. The SMILES string of the molecule is COc1cc(C(=O)Nc2ccccc2-n2c(C)c[nH]c2=O)ccc1OC(F)F. The molecule has 0 radical (unpaired) electrons. The number of halogens is 2. The quantitative estimate of drug-likeness (QED) is 0.677. The summed E-state index contributed by atoms with van der Waals surface area (Å²) in [6.45, 7) is -1.26. The summed E-state index contributed by atoms with van der Waals surface area (Å²) in [7, 11) is 1.28. The van der Waals surface area contributed by atoms with Crippen LogP contribution in [0.15, 0.2) is 53.5 Å². The molecule has 0 atom stereocenters. The van der Waals surface area contributed by atoms with E-state index in [1.165, 1.54) is 29.9 Å². The van der Waals surface area contributed by atoms with Gasteiger partial charge in [-0.3, -0.25) is 9.36 Å². The highest BCUT2D eigenvalue weighted by molar-refractivity contribution is 6.05. The van der Waals surface area contributed by atoms with Gasteiger partial charge in [-0.2, -0.15) is 8.78 Å². The molecule has 3 rings (SSSR count). The number of carbonyl (C=O) groups is 1. The molecule has 7 nitrogen and oxygen atoms in total. The van der Waals surface area contributed by atoms with E-state index in [9.17, 15) is 18.4 Å². The van der Waals surface area contributed by atoms with Crippen LogP contribution in [-0.2, 0) is 0 Å². The fourth-order valence-electron chi connectivity index (χ4n) is 2.73. The number of alkyl halides is 2. The Morgan fingerprint density at radius 3 is 2.57 bits per heavy atom. The summed E-state index contributed by atoms with van der Waals surface area (Å²) < 4.78 is 35.7. The zero-order valence-corrected chi connectivity index (χ0v) is 15.0. The van der Waals surface area contributed by atoms with Crippen LogP contribution in [-0.4, -0.2) is 29.2 Å². The molecule has 0 aliphatic rings. The number of H-pyrrole nitrogens is 1. The fraction of sp³-hybridized carbons (Fsp3) is 0.158. The van der Waals surface area contributed by atoms with E-state index in [-0.39, 0.29) is 22.8 Å². The molecule has 0 unspecified atom stereocenters. The second-order valence-corrected chi connectivity index (χ2v) is 5.79. The number of ether oxygens (including phenoxy) is 2. The molecule has 28 heavy (non-hydrogen) atoms. The Balaban J connectivity index is 1.92. The number of benzene rings is 2. The second-order valence-electron chi connectivity index (χ2n) is 5.79. The van der Waals surface area contributed by atoms with Crippen LogP contribution >= 0.6 is 0 Å². The molecular formula is C19H17F2N3O4. The average molecular weight is 389 g/mol. The number of methoxy groups -OCH3 is 1. The van der Waals surface area contributed by atoms with Crippen LogP contribution in [0.25, 0.3) is 5.69 Å². The van der Waals surface area contributed by atoms with Gasteiger partial charge in [0.25, 0.3) is 5.91 Å². The Bertz CT molecular complexity index is 1060. The maximum absolute atomic E-state index is 12.7. The maximum atomic E-state index is 12.7. The zero-order valence-electron chi connectivity index (χ0n) is 15.0. The highest BCUT2D eigenvalue weighted by Crippen LogP contribution is 2.30. The number of nitrogens with one attached hydrogen (secondary N) is 2. The van der Waals surface area contributed by atoms with Crippen molar-refractivity contribution in [1.29, 1.82) is 0 Å². The van der Waals surface area contributed by atoms with Gasteiger partial charge in [-0.1, -0.05) is 12.1 Å². The normalized spacial score (nSPS) is 10.8. The number of hydrogen-bond donors (Lipinski definition) is 2. The molecule has 0 aliphatic carbocycles. The van der Waals surface area contributed by atoms with E-state index < -0.39 is 12.5 Å². The predicted octanol–water partition coefficient (Wildman–Crippen LogP) is 3.34. The van der Waals surface area contributed by atoms with E-state index in [0.29, 0.717) is 17.1 Å². The Morgan fingerprint density at radius 1 is 1.18 bits per heavy atom. The minimum atomic E-state index is -3.01. The molecule has 146 valence electrons. The first kappa shape index (κ1) is 19.2. The van der Waals surface area contributed by atoms with E-state index >= 15 is 0 Å². The number of nitrogens with zero attached hydrogens (tertiary/aromatic N) is 1. The van der Waals surface area contributed by atoms with E-state index in [1.807, 2.05) is 0 Å². The topological polar surface area (TPSA) is 85.4 Å². The van der Waals surface area contributed by atoms with Gasteiger partial charge in [0.05, 0.1) is 18.5 Å². The molecule has 0 aliphatic heterocycles. The van der Waals surface area contributed by atoms with Crippen molar-refractivity contribution < 1.29 is 23.0 Å². The third-order valence-electron chi connectivity index (χ3n) is 4.00. The molecule has 2 N–H and O–H groups in total. The number of amides is 1. The van der Waals surface area contributed by atoms with Crippen molar-refractivity contribution >= 4 is 11.6 Å². The monoisotopic (exact) mass is 389 g/mol. The Kier molecular flexibility index (Phi) is 5.44. The molecule has 0 saturated carbocycles. The molecule has 0 saturated heterocycles. The van der Waals surface area contributed by atoms with Crippen LogP contribution in [0.4, 0.5) is 14.5 Å². The standard InChI is InChI=1S/C19H17F2N3O4/c1-11-10-22-19(26)24(11)14-6-4-3-5-13(14)23-17(25)12-7-8-15(28-18(20)21)16(9-12)27-2/h3-10,18H,1-2H3,(H,22,26)(H,23,25). The number of carbonyl (C=O) groups excluding carboxylic acids is 1. The number of aryl methyl sites for hydroxylation is 1. The van der Waals surface area contributed by atoms with Gasteiger partial charge < -0.3 is 19.8 Å². The number of aromatic nitrogens is 2. The van der Waals surface area contributed by atoms with Crippen LogP contribution in [0.3, 0.4) is 0 Å². The Morgan fingerprint density at radius 2 is 1.93 bits per heavy atom. The third-order valence-corrected chi connectivity index (χ3v) is 4.00. The van der Waals surface area contributed by atoms with Crippen molar-refractivity contribution in [3.05, 3.63) is 70.4 Å². The van der Waals surface area contributed by atoms with Gasteiger partial charge in [-0.25, -0.2) is 4.79 Å². The summed E-state index contributed by atoms with van der Waals surface area (Å²) in [5, 5.41) is 2.72. The molecule has 2 aromatic carbocycles. The lowest BCUT2D eigenvalue weighted by Crippen LogP contribution is -2.19. The number of aromatic amines is 1. The van der Waals surface area contributed by atoms with Gasteiger partial charge in [-0.05, 0) is 37.3 Å². The van der Waals surface area contributed by atoms with Crippen LogP contribution < -0.4 is 20.5 Å². The van der Waals surface area contributed by atoms with E-state index in [2.05, 4.69) is 15.0 Å². The van der Waals surface area contributed by atoms with E-state index in [4.69, 9.17) is 4.74 Å². The highest BCUT2D eigenvalue weighted by atomic mass is 19.3. The largest absolute Gasteiger partial charge is 0.493 e. The summed E-state index contributed by atoms with van der Waals surface area (Å²) in [5.74, 6) is -0.682. The molecule has 1 aromatic heterocycles. The molecule has 0 spiro atoms. The van der Waals surface area contributed by atoms with Crippen LogP contribution in [0, 0.1) is 6.92 Å². The summed E-state index contributed by atoms with van der Waals surface area (Å²) >= 11 is 0. The molecule has 0 fully saturated rings. The zero-order chi connectivity index (χ0) is 20.3. The molecule has 1 amide bonds. The first-order valence-corrected chi connectivity index (χ1v) is 8.21. The van der Waals surface area contributed by atoms with Gasteiger partial charge in [-0.15, -0.1) is 0 Å². The lowest BCUT2D eigenvalue weighted by atomic mass is 10.1. The van der Waals surface area contributed by atoms with Crippen molar-refractivity contribution in [3.63, 3.8) is 0 Å². The lowest BCUT2D eigenvalue weighted by molar-refractivity contribution is -0.0512. The van der Waals surface area contributed by atoms with Gasteiger partial charge in [0.1, 0.15) is 0 Å². The van der Waals surface area contributed by atoms with Gasteiger partial charge in [0, 0.05) is 17.5 Å². The van der Waals surface area contributed by atoms with Gasteiger partial charge in [0.15, 0.2) is 11.5 Å². The maximum Gasteiger partial charge on any atom is 0.387 e. The van der Waals surface area contributed by atoms with Crippen LogP contribution in [0.2, 0.25) is 0 Å². The molecule has 0 bridgehead atoms. The van der Waals surface area contributed by atoms with Crippen molar-refractivity contribution in [3.8, 4) is 17.2 Å². The Hall–Kier alpha value is -3.62. The van der Waals surface area contributed by atoms with Crippen molar-refractivity contribution in [2.75, 3.05) is 12.4 Å². The molecular weight excluding hydrogens is 372 g/mol. The number of rotatable bonds is 6. The minimum absolute atomic E-state index is 0.000987. The summed E-state index contributed by atoms with van der Waals surface area (Å²) in [6.07, 6.45) is 1.56. The Labute approximate surface area is 158 Å². The van der Waals surface area contributed by atoms with Crippen molar-refractivity contribution in [1.82, 2.24) is 9.55 Å². The van der Waals surface area contributed by atoms with E-state index in [0.717, 1.165) is 0 Å². The average Bonchev–Trinajstić information content (AvgIpc) is 3.00. The number of anilines is 1. The summed E-state index contributed by atoms with van der Waals surface area (Å²) in [4.78, 5) is 27.3. The molecule has 3 aromatic rings. The second kappa shape index (κ2) is 7.95. The highest BCUT2D eigenvalue weighted by Gasteiger charge is 2.16. The van der Waals surface area contributed by atoms with Crippen LogP contribution in [0.1, 0.15) is 16.1 Å². The van der Waals surface area contributed by atoms with Crippen molar-refractivity contribution in [2.45, 2.75) is 13.5 Å². The first-order valence-electron chi connectivity index (χ1n) is 8.21. The molecule has 9 heteroatoms. The summed E-state index contributed by atoms with van der Waals surface area (Å²) in [5.41, 5.74) is 1.40. The molecule has 1 heterocycles. The third kappa shape index (κ3) is 3.88. The van der Waals surface area contributed by atoms with Gasteiger partial charge >= 0.3 is 12.3 Å². The fourth-order valence-corrected chi connectivity index (χ4v) is 2.73. The predicted molar refractivity (Wildman–Crippen MR) is 98.7 cm³/mol.